The molecule has 0 radical (unpaired) electrons. The van der Waals surface area contributed by atoms with Crippen molar-refractivity contribution in [3.05, 3.63) is 46.0 Å². The summed E-state index contributed by atoms with van der Waals surface area (Å²) >= 11 is 11.9. The fourth-order valence-corrected chi connectivity index (χ4v) is 3.05. The number of hydrogen-bond acceptors (Lipinski definition) is 4. The van der Waals surface area contributed by atoms with Crippen LogP contribution in [0.5, 0.6) is 0 Å². The molecule has 22 heavy (non-hydrogen) atoms. The summed E-state index contributed by atoms with van der Waals surface area (Å²) in [6.07, 6.45) is 0.356. The van der Waals surface area contributed by atoms with Crippen LogP contribution in [0.3, 0.4) is 0 Å². The molecule has 0 N–H and O–H groups in total. The highest BCUT2D eigenvalue weighted by molar-refractivity contribution is 6.53. The van der Waals surface area contributed by atoms with E-state index in [0.717, 1.165) is 5.69 Å². The van der Waals surface area contributed by atoms with Crippen molar-refractivity contribution in [1.29, 1.82) is 0 Å². The monoisotopic (exact) mass is 340 g/mol. The summed E-state index contributed by atoms with van der Waals surface area (Å²) in [4.78, 5) is 28.5. The summed E-state index contributed by atoms with van der Waals surface area (Å²) < 4.78 is 5.63. The molecular weight excluding hydrogens is 327 g/mol. The highest BCUT2D eigenvalue weighted by Gasteiger charge is 2.69. The van der Waals surface area contributed by atoms with E-state index >= 15 is 0 Å². The minimum Gasteiger partial charge on any atom is -0.459 e. The molecule has 0 aromatic carbocycles. The summed E-state index contributed by atoms with van der Waals surface area (Å²) in [7, 11) is 0. The van der Waals surface area contributed by atoms with Gasteiger partial charge >= 0.3 is 5.97 Å². The number of halogens is 2. The fraction of sp³-hybridized carbons (Fsp3) is 0.400. The maximum atomic E-state index is 12.1. The molecule has 0 unspecified atom stereocenters. The van der Waals surface area contributed by atoms with E-state index < -0.39 is 15.7 Å². The highest BCUT2D eigenvalue weighted by atomic mass is 35.5. The second kappa shape index (κ2) is 4.96. The van der Waals surface area contributed by atoms with E-state index in [1.807, 2.05) is 19.1 Å². The molecule has 1 fully saturated rings. The number of hydrogen-bond donors (Lipinski definition) is 0. The van der Waals surface area contributed by atoms with Crippen molar-refractivity contribution < 1.29 is 9.53 Å². The van der Waals surface area contributed by atoms with Crippen LogP contribution in [-0.4, -0.2) is 19.7 Å². The Morgan fingerprint density at radius 3 is 2.77 bits per heavy atom. The van der Waals surface area contributed by atoms with Gasteiger partial charge < -0.3 is 4.74 Å². The third-order valence-electron chi connectivity index (χ3n) is 3.99. The molecule has 116 valence electrons. The number of ether oxygens (including phenoxy) is 1. The zero-order valence-electron chi connectivity index (χ0n) is 12.1. The first-order valence-electron chi connectivity index (χ1n) is 6.78. The van der Waals surface area contributed by atoms with Crippen LogP contribution in [0, 0.1) is 12.3 Å². The van der Waals surface area contributed by atoms with Crippen molar-refractivity contribution >= 4 is 34.8 Å². The van der Waals surface area contributed by atoms with Crippen LogP contribution in [0.2, 0.25) is 0 Å². The average Bonchev–Trinajstić information content (AvgIpc) is 2.96. The molecular formula is C15H14Cl2N2O3. The van der Waals surface area contributed by atoms with Gasteiger partial charge in [-0.1, -0.05) is 6.07 Å². The van der Waals surface area contributed by atoms with Crippen LogP contribution in [-0.2, 0) is 16.1 Å². The number of nitrogens with zero attached hydrogens (tertiary/aromatic N) is 2. The minimum atomic E-state index is -1.07. The Labute approximate surface area is 136 Å². The van der Waals surface area contributed by atoms with Crippen molar-refractivity contribution in [3.63, 3.8) is 0 Å². The van der Waals surface area contributed by atoms with Gasteiger partial charge in [0.2, 0.25) is 0 Å². The maximum Gasteiger partial charge on any atom is 0.315 e. The van der Waals surface area contributed by atoms with Crippen molar-refractivity contribution in [2.24, 2.45) is 5.41 Å². The van der Waals surface area contributed by atoms with Crippen LogP contribution in [0.25, 0.3) is 5.65 Å². The molecule has 1 atom stereocenters. The van der Waals surface area contributed by atoms with Crippen molar-refractivity contribution in [2.45, 2.75) is 31.2 Å². The van der Waals surface area contributed by atoms with Gasteiger partial charge in [-0.2, -0.15) is 0 Å². The Bertz CT molecular complexity index is 831. The molecule has 5 nitrogen and oxygen atoms in total. The number of carbonyl (C=O) groups is 1. The van der Waals surface area contributed by atoms with Crippen LogP contribution in [0.15, 0.2) is 29.1 Å². The molecule has 2 aromatic rings. The summed E-state index contributed by atoms with van der Waals surface area (Å²) in [6.45, 7) is 3.39. The Hall–Kier alpha value is -1.59. The average molecular weight is 341 g/mol. The van der Waals surface area contributed by atoms with E-state index in [2.05, 4.69) is 4.98 Å². The molecule has 3 rings (SSSR count). The molecule has 0 saturated heterocycles. The number of pyridine rings is 1. The highest BCUT2D eigenvalue weighted by Crippen LogP contribution is 2.64. The van der Waals surface area contributed by atoms with Gasteiger partial charge in [-0.25, -0.2) is 4.98 Å². The quantitative estimate of drug-likeness (QED) is 0.636. The molecule has 0 spiro atoms. The first-order valence-corrected chi connectivity index (χ1v) is 7.54. The molecule has 0 bridgehead atoms. The third-order valence-corrected chi connectivity index (χ3v) is 5.09. The van der Waals surface area contributed by atoms with Crippen LogP contribution in [0.4, 0.5) is 0 Å². The Kier molecular flexibility index (Phi) is 3.45. The van der Waals surface area contributed by atoms with E-state index in [-0.39, 0.29) is 12.2 Å². The van der Waals surface area contributed by atoms with E-state index in [1.165, 1.54) is 10.5 Å². The predicted octanol–water partition coefficient (Wildman–Crippen LogP) is 2.63. The van der Waals surface area contributed by atoms with Gasteiger partial charge in [0, 0.05) is 18.2 Å². The Balaban J connectivity index is 1.81. The van der Waals surface area contributed by atoms with E-state index in [0.29, 0.717) is 17.8 Å². The molecule has 7 heteroatoms. The van der Waals surface area contributed by atoms with E-state index in [4.69, 9.17) is 27.9 Å². The van der Waals surface area contributed by atoms with Gasteiger partial charge in [0.25, 0.3) is 5.56 Å². The summed E-state index contributed by atoms with van der Waals surface area (Å²) in [5.41, 5.74) is 0.593. The molecule has 0 aliphatic heterocycles. The van der Waals surface area contributed by atoms with Gasteiger partial charge in [0.15, 0.2) is 0 Å². The summed E-state index contributed by atoms with van der Waals surface area (Å²) in [5.74, 6) is -0.483. The standard InChI is InChI=1S/C15H14Cl2N2O3/c1-9-4-3-5-11-18-10(6-12(20)19(9)11)7-22-13(21)14(2)8-15(14,16)17/h3-6H,7-8H2,1-2H3/t14-/m0/s1. The van der Waals surface area contributed by atoms with Gasteiger partial charge in [-0.15, -0.1) is 23.2 Å². The van der Waals surface area contributed by atoms with Gasteiger partial charge in [-0.05, 0) is 26.0 Å². The van der Waals surface area contributed by atoms with Gasteiger partial charge in [0.1, 0.15) is 22.0 Å². The zero-order valence-corrected chi connectivity index (χ0v) is 13.6. The summed E-state index contributed by atoms with van der Waals surface area (Å²) in [6, 6.07) is 6.72. The predicted molar refractivity (Wildman–Crippen MR) is 83.2 cm³/mol. The molecule has 1 aliphatic rings. The van der Waals surface area contributed by atoms with Crippen molar-refractivity contribution in [3.8, 4) is 0 Å². The largest absolute Gasteiger partial charge is 0.459 e. The topological polar surface area (TPSA) is 60.7 Å². The lowest BCUT2D eigenvalue weighted by Crippen LogP contribution is -2.22. The number of rotatable bonds is 3. The maximum absolute atomic E-state index is 12.1. The zero-order chi connectivity index (χ0) is 16.1. The number of esters is 1. The van der Waals surface area contributed by atoms with Crippen LogP contribution in [0.1, 0.15) is 24.7 Å². The SMILES string of the molecule is Cc1cccc2nc(COC(=O)[C@]3(C)CC3(Cl)Cl)cc(=O)n12. The number of alkyl halides is 2. The van der Waals surface area contributed by atoms with Crippen molar-refractivity contribution in [1.82, 2.24) is 9.38 Å². The number of fused-ring (bicyclic) bond motifs is 1. The Morgan fingerprint density at radius 1 is 1.45 bits per heavy atom. The lowest BCUT2D eigenvalue weighted by molar-refractivity contribution is -0.151. The molecule has 0 amide bonds. The Morgan fingerprint density at radius 2 is 2.14 bits per heavy atom. The first-order chi connectivity index (χ1) is 10.2. The molecule has 1 saturated carbocycles. The first kappa shape index (κ1) is 15.3. The van der Waals surface area contributed by atoms with E-state index in [9.17, 15) is 9.59 Å². The van der Waals surface area contributed by atoms with E-state index in [1.54, 1.807) is 13.0 Å². The second-order valence-corrected chi connectivity index (χ2v) is 7.22. The van der Waals surface area contributed by atoms with Crippen molar-refractivity contribution in [2.75, 3.05) is 0 Å². The van der Waals surface area contributed by atoms with Crippen LogP contribution >= 0.6 is 23.2 Å². The smallest absolute Gasteiger partial charge is 0.315 e. The number of aromatic nitrogens is 2. The normalized spacial score (nSPS) is 22.5. The summed E-state index contributed by atoms with van der Waals surface area (Å²) in [5, 5.41) is 0. The van der Waals surface area contributed by atoms with Gasteiger partial charge in [0.05, 0.1) is 5.69 Å². The fourth-order valence-electron chi connectivity index (χ4n) is 2.36. The minimum absolute atomic E-state index is 0.0854. The molecule has 2 aromatic heterocycles. The van der Waals surface area contributed by atoms with Crippen LogP contribution < -0.4 is 5.56 Å². The number of aryl methyl sites for hydroxylation is 1. The lowest BCUT2D eigenvalue weighted by atomic mass is 10.1. The van der Waals surface area contributed by atoms with Gasteiger partial charge in [-0.3, -0.25) is 14.0 Å². The number of carbonyl (C=O) groups excluding carboxylic acids is 1. The lowest BCUT2D eigenvalue weighted by Gasteiger charge is -2.12. The second-order valence-electron chi connectivity index (χ2n) is 5.74. The molecule has 2 heterocycles. The third kappa shape index (κ3) is 2.38. The molecule has 1 aliphatic carbocycles.